The highest BCUT2D eigenvalue weighted by Crippen LogP contribution is 2.32. The number of ether oxygens (including phenoxy) is 3. The molecular weight excluding hydrogens is 440 g/mol. The quantitative estimate of drug-likeness (QED) is 0.606. The summed E-state index contributed by atoms with van der Waals surface area (Å²) in [5.74, 6) is 1.56. The molecule has 2 aliphatic rings. The molecule has 0 aliphatic carbocycles. The summed E-state index contributed by atoms with van der Waals surface area (Å²) in [7, 11) is 1.62. The Labute approximate surface area is 194 Å². The maximum Gasteiger partial charge on any atom is 0.328 e. The highest BCUT2D eigenvalue weighted by atomic mass is 16.7. The summed E-state index contributed by atoms with van der Waals surface area (Å²) in [6, 6.07) is 13.0. The molecule has 1 saturated heterocycles. The van der Waals surface area contributed by atoms with Crippen molar-refractivity contribution >= 4 is 11.6 Å². The van der Waals surface area contributed by atoms with Gasteiger partial charge in [0.05, 0.1) is 13.7 Å². The first-order chi connectivity index (χ1) is 16.5. The van der Waals surface area contributed by atoms with E-state index < -0.39 is 17.2 Å². The number of anilines is 1. The number of H-pyrrole nitrogens is 1. The zero-order valence-corrected chi connectivity index (χ0v) is 18.7. The van der Waals surface area contributed by atoms with E-state index in [2.05, 4.69) is 9.88 Å². The second-order valence-electron chi connectivity index (χ2n) is 8.06. The van der Waals surface area contributed by atoms with Crippen LogP contribution in [-0.4, -0.2) is 60.4 Å². The summed E-state index contributed by atoms with van der Waals surface area (Å²) in [5, 5.41) is 0. The molecule has 10 heteroatoms. The lowest BCUT2D eigenvalue weighted by Gasteiger charge is -2.36. The van der Waals surface area contributed by atoms with Crippen LogP contribution >= 0.6 is 0 Å². The number of carbonyl (C=O) groups is 1. The van der Waals surface area contributed by atoms with Gasteiger partial charge >= 0.3 is 5.69 Å². The van der Waals surface area contributed by atoms with E-state index in [0.29, 0.717) is 43.2 Å². The zero-order chi connectivity index (χ0) is 23.7. The van der Waals surface area contributed by atoms with Crippen LogP contribution in [0, 0.1) is 0 Å². The highest BCUT2D eigenvalue weighted by molar-refractivity contribution is 5.93. The van der Waals surface area contributed by atoms with Gasteiger partial charge in [-0.2, -0.15) is 0 Å². The Balaban J connectivity index is 1.30. The van der Waals surface area contributed by atoms with Crippen molar-refractivity contribution in [1.82, 2.24) is 14.5 Å². The molecule has 176 valence electrons. The molecule has 2 aromatic carbocycles. The van der Waals surface area contributed by atoms with E-state index in [1.807, 2.05) is 24.3 Å². The molecule has 1 amide bonds. The molecule has 3 aromatic rings. The van der Waals surface area contributed by atoms with Gasteiger partial charge in [-0.3, -0.25) is 14.2 Å². The number of amides is 1. The van der Waals surface area contributed by atoms with Crippen LogP contribution in [0.1, 0.15) is 15.9 Å². The van der Waals surface area contributed by atoms with Crippen LogP contribution in [0.3, 0.4) is 0 Å². The molecule has 3 heterocycles. The lowest BCUT2D eigenvalue weighted by atomic mass is 10.2. The van der Waals surface area contributed by atoms with Gasteiger partial charge in [0.1, 0.15) is 11.3 Å². The van der Waals surface area contributed by atoms with Crippen LogP contribution in [0.4, 0.5) is 5.69 Å². The molecule has 1 aromatic heterocycles. The Kier molecular flexibility index (Phi) is 5.70. The number of aromatic nitrogens is 2. The Morgan fingerprint density at radius 2 is 1.74 bits per heavy atom. The Hall–Kier alpha value is -4.21. The second kappa shape index (κ2) is 8.97. The molecule has 0 saturated carbocycles. The summed E-state index contributed by atoms with van der Waals surface area (Å²) < 4.78 is 16.9. The third-order valence-corrected chi connectivity index (χ3v) is 6.07. The summed E-state index contributed by atoms with van der Waals surface area (Å²) in [5.41, 5.74) is 0.475. The van der Waals surface area contributed by atoms with Gasteiger partial charge in [-0.1, -0.05) is 6.07 Å². The predicted octanol–water partition coefficient (Wildman–Crippen LogP) is 1.28. The van der Waals surface area contributed by atoms with Crippen molar-refractivity contribution < 1.29 is 19.0 Å². The van der Waals surface area contributed by atoms with Gasteiger partial charge in [0, 0.05) is 38.1 Å². The van der Waals surface area contributed by atoms with Gasteiger partial charge in [-0.15, -0.1) is 0 Å². The third-order valence-electron chi connectivity index (χ3n) is 6.07. The summed E-state index contributed by atoms with van der Waals surface area (Å²) in [6.45, 7) is 2.34. The Morgan fingerprint density at radius 1 is 1.00 bits per heavy atom. The number of nitrogens with one attached hydrogen (secondary N) is 1. The Morgan fingerprint density at radius 3 is 2.47 bits per heavy atom. The first-order valence-electron chi connectivity index (χ1n) is 10.9. The first-order valence-corrected chi connectivity index (χ1v) is 10.9. The Bertz CT molecular complexity index is 1320. The number of benzene rings is 2. The summed E-state index contributed by atoms with van der Waals surface area (Å²) in [4.78, 5) is 44.9. The van der Waals surface area contributed by atoms with E-state index in [9.17, 15) is 14.4 Å². The van der Waals surface area contributed by atoms with Gasteiger partial charge in [-0.05, 0) is 42.0 Å². The molecule has 5 rings (SSSR count). The molecule has 1 N–H and O–H groups in total. The van der Waals surface area contributed by atoms with Crippen molar-refractivity contribution in [2.24, 2.45) is 0 Å². The standard InChI is InChI=1S/C24H24N4O6/c1-32-18-5-3-17(4-6-18)26-8-10-27(11-9-26)22(29)19-13-25-24(31)28(23(19)30)14-16-2-7-20-21(12-16)34-15-33-20/h2-7,12-13H,8-11,14-15H2,1H3,(H,25,31). The lowest BCUT2D eigenvalue weighted by molar-refractivity contribution is 0.0743. The zero-order valence-electron chi connectivity index (χ0n) is 18.7. The van der Waals surface area contributed by atoms with E-state index in [-0.39, 0.29) is 18.9 Å². The number of hydrogen-bond acceptors (Lipinski definition) is 7. The average Bonchev–Trinajstić information content (AvgIpc) is 3.34. The minimum Gasteiger partial charge on any atom is -0.497 e. The van der Waals surface area contributed by atoms with Crippen molar-refractivity contribution in [3.8, 4) is 17.2 Å². The van der Waals surface area contributed by atoms with Crippen molar-refractivity contribution in [3.63, 3.8) is 0 Å². The minimum atomic E-state index is -0.621. The van der Waals surface area contributed by atoms with Crippen molar-refractivity contribution in [2.75, 3.05) is 45.0 Å². The third kappa shape index (κ3) is 4.09. The van der Waals surface area contributed by atoms with Crippen molar-refractivity contribution in [2.45, 2.75) is 6.54 Å². The number of methoxy groups -OCH3 is 1. The van der Waals surface area contributed by atoms with Crippen LogP contribution in [0.15, 0.2) is 58.3 Å². The first kappa shape index (κ1) is 21.6. The lowest BCUT2D eigenvalue weighted by Crippen LogP contribution is -2.50. The molecular formula is C24H24N4O6. The maximum absolute atomic E-state index is 13.1. The molecule has 1 fully saturated rings. The molecule has 2 aliphatic heterocycles. The predicted molar refractivity (Wildman–Crippen MR) is 124 cm³/mol. The largest absolute Gasteiger partial charge is 0.497 e. The number of carbonyl (C=O) groups excluding carboxylic acids is 1. The van der Waals surface area contributed by atoms with Crippen LogP contribution in [-0.2, 0) is 6.54 Å². The fourth-order valence-corrected chi connectivity index (χ4v) is 4.16. The number of rotatable bonds is 5. The monoisotopic (exact) mass is 464 g/mol. The van der Waals surface area contributed by atoms with E-state index >= 15 is 0 Å². The SMILES string of the molecule is COc1ccc(N2CCN(C(=O)c3c[nH]c(=O)n(Cc4ccc5c(c4)OCO5)c3=O)CC2)cc1. The van der Waals surface area contributed by atoms with Crippen molar-refractivity contribution in [3.05, 3.63) is 80.6 Å². The molecule has 34 heavy (non-hydrogen) atoms. The van der Waals surface area contributed by atoms with Gasteiger partial charge in [-0.25, -0.2) is 4.79 Å². The van der Waals surface area contributed by atoms with Gasteiger partial charge in [0.2, 0.25) is 6.79 Å². The van der Waals surface area contributed by atoms with E-state index in [1.165, 1.54) is 6.20 Å². The molecule has 0 atom stereocenters. The normalized spacial score (nSPS) is 14.9. The topological polar surface area (TPSA) is 106 Å². The van der Waals surface area contributed by atoms with Gasteiger partial charge in [0.15, 0.2) is 11.5 Å². The highest BCUT2D eigenvalue weighted by Gasteiger charge is 2.25. The second-order valence-corrected chi connectivity index (χ2v) is 8.06. The van der Waals surface area contributed by atoms with Crippen LogP contribution in [0.25, 0.3) is 0 Å². The molecule has 0 spiro atoms. The molecule has 0 bridgehead atoms. The smallest absolute Gasteiger partial charge is 0.328 e. The number of piperazine rings is 1. The maximum atomic E-state index is 13.1. The summed E-state index contributed by atoms with van der Waals surface area (Å²) >= 11 is 0. The van der Waals surface area contributed by atoms with E-state index in [4.69, 9.17) is 14.2 Å². The van der Waals surface area contributed by atoms with Crippen molar-refractivity contribution in [1.29, 1.82) is 0 Å². The van der Waals surface area contributed by atoms with E-state index in [0.717, 1.165) is 16.0 Å². The molecule has 0 unspecified atom stereocenters. The van der Waals surface area contributed by atoms with E-state index in [1.54, 1.807) is 30.2 Å². The number of fused-ring (bicyclic) bond motifs is 1. The van der Waals surface area contributed by atoms with Crippen LogP contribution in [0.2, 0.25) is 0 Å². The molecule has 10 nitrogen and oxygen atoms in total. The fraction of sp³-hybridized carbons (Fsp3) is 0.292. The van der Waals surface area contributed by atoms with Gasteiger partial charge in [0.25, 0.3) is 11.5 Å². The number of hydrogen-bond donors (Lipinski definition) is 1. The van der Waals surface area contributed by atoms with Crippen LogP contribution in [0.5, 0.6) is 17.2 Å². The van der Waals surface area contributed by atoms with Gasteiger partial charge < -0.3 is 29.0 Å². The number of aromatic amines is 1. The molecule has 0 radical (unpaired) electrons. The summed E-state index contributed by atoms with van der Waals surface area (Å²) in [6.07, 6.45) is 1.21. The average molecular weight is 464 g/mol. The number of nitrogens with zero attached hydrogens (tertiary/aromatic N) is 3. The minimum absolute atomic E-state index is 0.0111. The van der Waals surface area contributed by atoms with Crippen LogP contribution < -0.4 is 30.4 Å². The fourth-order valence-electron chi connectivity index (χ4n) is 4.16.